The molecule has 94 valence electrons. The molecule has 1 aliphatic rings. The van der Waals surface area contributed by atoms with Gasteiger partial charge in [-0.15, -0.1) is 0 Å². The van der Waals surface area contributed by atoms with Gasteiger partial charge in [-0.1, -0.05) is 6.92 Å². The minimum Gasteiger partial charge on any atom is -0.459 e. The van der Waals surface area contributed by atoms with Crippen LogP contribution in [0.4, 0.5) is 0 Å². The van der Waals surface area contributed by atoms with E-state index in [0.29, 0.717) is 12.0 Å². The molecule has 0 aromatic rings. The third-order valence-corrected chi connectivity index (χ3v) is 3.08. The minimum absolute atomic E-state index is 0.103. The molecule has 3 heteroatoms. The van der Waals surface area contributed by atoms with Gasteiger partial charge in [0.25, 0.3) is 0 Å². The van der Waals surface area contributed by atoms with Crippen molar-refractivity contribution >= 4 is 5.97 Å². The van der Waals surface area contributed by atoms with E-state index in [2.05, 4.69) is 18.7 Å². The van der Waals surface area contributed by atoms with E-state index < -0.39 is 0 Å². The van der Waals surface area contributed by atoms with E-state index in [4.69, 9.17) is 4.74 Å². The maximum atomic E-state index is 11.9. The lowest BCUT2D eigenvalue weighted by atomic mass is 10.1. The van der Waals surface area contributed by atoms with Gasteiger partial charge in [0.2, 0.25) is 0 Å². The number of likely N-dealkylation sites (tertiary alicyclic amines) is 1. The fraction of sp³-hybridized carbons (Fsp3) is 0.923. The molecule has 0 radical (unpaired) electrons. The Hall–Kier alpha value is -0.570. The zero-order chi connectivity index (χ0) is 12.5. The van der Waals surface area contributed by atoms with Crippen LogP contribution in [0.15, 0.2) is 0 Å². The molecule has 16 heavy (non-hydrogen) atoms. The van der Waals surface area contributed by atoms with E-state index >= 15 is 0 Å². The minimum atomic E-state index is -0.389. The molecule has 1 fully saturated rings. The Morgan fingerprint density at radius 1 is 1.38 bits per heavy atom. The molecule has 0 bridgehead atoms. The van der Waals surface area contributed by atoms with Crippen molar-refractivity contribution in [2.45, 2.75) is 65.6 Å². The molecule has 0 aromatic carbocycles. The van der Waals surface area contributed by atoms with Crippen molar-refractivity contribution in [1.29, 1.82) is 0 Å². The normalized spacial score (nSPS) is 29.1. The van der Waals surface area contributed by atoms with E-state index in [-0.39, 0.29) is 17.6 Å². The number of carbonyl (C=O) groups is 1. The molecule has 0 amide bonds. The lowest BCUT2D eigenvalue weighted by Crippen LogP contribution is -2.44. The molecule has 3 nitrogen and oxygen atoms in total. The second-order valence-corrected chi connectivity index (χ2v) is 6.10. The van der Waals surface area contributed by atoms with Crippen LogP contribution in [0, 0.1) is 5.92 Å². The maximum absolute atomic E-state index is 11.9. The number of hydrogen-bond acceptors (Lipinski definition) is 3. The molecular weight excluding hydrogens is 202 g/mol. The molecule has 1 saturated heterocycles. The van der Waals surface area contributed by atoms with Crippen LogP contribution in [0.1, 0.15) is 48.0 Å². The lowest BCUT2D eigenvalue weighted by Gasteiger charge is -2.30. The summed E-state index contributed by atoms with van der Waals surface area (Å²) in [6.45, 7) is 13.1. The van der Waals surface area contributed by atoms with Crippen LogP contribution in [0.5, 0.6) is 0 Å². The molecule has 0 saturated carbocycles. The van der Waals surface area contributed by atoms with Crippen molar-refractivity contribution in [3.63, 3.8) is 0 Å². The third kappa shape index (κ3) is 3.48. The van der Waals surface area contributed by atoms with Crippen molar-refractivity contribution in [3.05, 3.63) is 0 Å². The number of hydrogen-bond donors (Lipinski definition) is 0. The summed E-state index contributed by atoms with van der Waals surface area (Å²) in [7, 11) is 0. The Morgan fingerprint density at radius 2 is 1.94 bits per heavy atom. The summed E-state index contributed by atoms with van der Waals surface area (Å²) in [5, 5.41) is 0. The summed E-state index contributed by atoms with van der Waals surface area (Å²) in [5.74, 6) is 0.577. The third-order valence-electron chi connectivity index (χ3n) is 3.08. The predicted molar refractivity (Wildman–Crippen MR) is 65.3 cm³/mol. The Balaban J connectivity index is 2.57. The van der Waals surface area contributed by atoms with E-state index in [0.717, 1.165) is 6.54 Å². The summed E-state index contributed by atoms with van der Waals surface area (Å²) in [6.07, 6.45) is 1.17. The van der Waals surface area contributed by atoms with Crippen LogP contribution in [-0.2, 0) is 9.53 Å². The highest BCUT2D eigenvalue weighted by atomic mass is 16.6. The number of nitrogens with zero attached hydrogens (tertiary/aromatic N) is 1. The first-order valence-electron chi connectivity index (χ1n) is 6.19. The topological polar surface area (TPSA) is 29.5 Å². The van der Waals surface area contributed by atoms with Gasteiger partial charge in [0.15, 0.2) is 0 Å². The van der Waals surface area contributed by atoms with E-state index in [1.807, 2.05) is 27.7 Å². The number of esters is 1. The van der Waals surface area contributed by atoms with Gasteiger partial charge >= 0.3 is 5.97 Å². The van der Waals surface area contributed by atoms with Crippen LogP contribution >= 0.6 is 0 Å². The molecule has 0 spiro atoms. The van der Waals surface area contributed by atoms with Crippen molar-refractivity contribution in [1.82, 2.24) is 4.90 Å². The largest absolute Gasteiger partial charge is 0.459 e. The van der Waals surface area contributed by atoms with Gasteiger partial charge in [-0.05, 0) is 47.0 Å². The average Bonchev–Trinajstić information content (AvgIpc) is 2.41. The van der Waals surface area contributed by atoms with Crippen molar-refractivity contribution in [2.24, 2.45) is 5.92 Å². The zero-order valence-electron chi connectivity index (χ0n) is 11.4. The van der Waals surface area contributed by atoms with Crippen molar-refractivity contribution < 1.29 is 9.53 Å². The maximum Gasteiger partial charge on any atom is 0.323 e. The van der Waals surface area contributed by atoms with Crippen LogP contribution in [0.3, 0.4) is 0 Å². The van der Waals surface area contributed by atoms with Crippen molar-refractivity contribution in [3.8, 4) is 0 Å². The molecule has 1 rings (SSSR count). The molecule has 1 heterocycles. The van der Waals surface area contributed by atoms with Gasteiger partial charge in [-0.25, -0.2) is 0 Å². The Bertz CT molecular complexity index is 257. The van der Waals surface area contributed by atoms with Crippen LogP contribution in [-0.4, -0.2) is 35.1 Å². The monoisotopic (exact) mass is 227 g/mol. The standard InChI is InChI=1S/C13H25NO2/c1-9-7-10(2)14(8-9)11(3)12(15)16-13(4,5)6/h9-11H,7-8H2,1-6H3. The number of ether oxygens (including phenoxy) is 1. The molecule has 3 unspecified atom stereocenters. The first-order chi connectivity index (χ1) is 7.20. The fourth-order valence-electron chi connectivity index (χ4n) is 2.39. The molecular formula is C13H25NO2. The quantitative estimate of drug-likeness (QED) is 0.679. The first-order valence-corrected chi connectivity index (χ1v) is 6.19. The summed E-state index contributed by atoms with van der Waals surface area (Å²) in [4.78, 5) is 14.2. The molecule has 0 N–H and O–H groups in total. The van der Waals surface area contributed by atoms with E-state index in [9.17, 15) is 4.79 Å². The average molecular weight is 227 g/mol. The Kier molecular flexibility index (Phi) is 4.00. The zero-order valence-corrected chi connectivity index (χ0v) is 11.4. The van der Waals surface area contributed by atoms with Crippen LogP contribution in [0.25, 0.3) is 0 Å². The summed E-state index contributed by atoms with van der Waals surface area (Å²) < 4.78 is 5.41. The van der Waals surface area contributed by atoms with Gasteiger partial charge in [0, 0.05) is 12.6 Å². The van der Waals surface area contributed by atoms with Crippen molar-refractivity contribution in [2.75, 3.05) is 6.54 Å². The number of rotatable bonds is 2. The van der Waals surface area contributed by atoms with Gasteiger partial charge < -0.3 is 4.74 Å². The number of carbonyl (C=O) groups excluding carboxylic acids is 1. The van der Waals surface area contributed by atoms with Crippen LogP contribution < -0.4 is 0 Å². The van der Waals surface area contributed by atoms with E-state index in [1.165, 1.54) is 6.42 Å². The molecule has 3 atom stereocenters. The summed E-state index contributed by atoms with van der Waals surface area (Å²) in [6, 6.07) is 0.358. The highest BCUT2D eigenvalue weighted by Gasteiger charge is 2.34. The Labute approximate surface area is 99.1 Å². The van der Waals surface area contributed by atoms with Gasteiger partial charge in [-0.2, -0.15) is 0 Å². The fourth-order valence-corrected chi connectivity index (χ4v) is 2.39. The van der Waals surface area contributed by atoms with Gasteiger partial charge in [0.05, 0.1) is 0 Å². The predicted octanol–water partition coefficient (Wildman–Crippen LogP) is 2.45. The van der Waals surface area contributed by atoms with Gasteiger partial charge in [-0.3, -0.25) is 9.69 Å². The summed E-state index contributed by atoms with van der Waals surface area (Å²) in [5.41, 5.74) is -0.389. The summed E-state index contributed by atoms with van der Waals surface area (Å²) >= 11 is 0. The highest BCUT2D eigenvalue weighted by molar-refractivity contribution is 5.75. The Morgan fingerprint density at radius 3 is 2.31 bits per heavy atom. The lowest BCUT2D eigenvalue weighted by molar-refractivity contribution is -0.161. The second-order valence-electron chi connectivity index (χ2n) is 6.10. The smallest absolute Gasteiger partial charge is 0.323 e. The van der Waals surface area contributed by atoms with E-state index in [1.54, 1.807) is 0 Å². The molecule has 0 aromatic heterocycles. The van der Waals surface area contributed by atoms with Gasteiger partial charge in [0.1, 0.15) is 11.6 Å². The molecule has 1 aliphatic heterocycles. The SMILES string of the molecule is CC1CC(C)N(C(C)C(=O)OC(C)(C)C)C1. The van der Waals surface area contributed by atoms with Crippen LogP contribution in [0.2, 0.25) is 0 Å². The first kappa shape index (κ1) is 13.5. The molecule has 0 aliphatic carbocycles. The highest BCUT2D eigenvalue weighted by Crippen LogP contribution is 2.25. The second kappa shape index (κ2) is 4.74.